The van der Waals surface area contributed by atoms with E-state index in [9.17, 15) is 13.2 Å². The molecule has 0 aliphatic carbocycles. The van der Waals surface area contributed by atoms with Gasteiger partial charge in [0, 0.05) is 31.8 Å². The molecule has 1 N–H and O–H groups in total. The molecule has 1 aromatic carbocycles. The molecule has 1 heterocycles. The lowest BCUT2D eigenvalue weighted by Gasteiger charge is -2.28. The fraction of sp³-hybridized carbons (Fsp3) is 0.588. The van der Waals surface area contributed by atoms with E-state index >= 15 is 0 Å². The first-order valence-electron chi connectivity index (χ1n) is 8.42. The minimum atomic E-state index is -3.12. The van der Waals surface area contributed by atoms with E-state index in [1.807, 2.05) is 0 Å². The monoisotopic (exact) mass is 402 g/mol. The zero-order valence-corrected chi connectivity index (χ0v) is 16.8. The number of amides is 2. The third-order valence-corrected chi connectivity index (χ3v) is 6.11. The lowest BCUT2D eigenvalue weighted by Crippen LogP contribution is -2.45. The van der Waals surface area contributed by atoms with E-state index in [0.717, 1.165) is 0 Å². The molecule has 152 valence electrons. The second kappa shape index (κ2) is 9.14. The summed E-state index contributed by atoms with van der Waals surface area (Å²) in [5, 5.41) is 2.78. The van der Waals surface area contributed by atoms with Crippen LogP contribution in [0.2, 0.25) is 0 Å². The molecule has 27 heavy (non-hydrogen) atoms. The molecule has 2 rings (SSSR count). The third-order valence-electron chi connectivity index (χ3n) is 4.36. The topological polar surface area (TPSA) is 103 Å². The van der Waals surface area contributed by atoms with Gasteiger partial charge in [0.2, 0.25) is 5.75 Å². The number of methoxy groups -OCH3 is 4. The van der Waals surface area contributed by atoms with E-state index in [1.54, 1.807) is 12.1 Å². The lowest BCUT2D eigenvalue weighted by molar-refractivity contribution is 0.140. The highest BCUT2D eigenvalue weighted by atomic mass is 32.2. The lowest BCUT2D eigenvalue weighted by atomic mass is 10.2. The van der Waals surface area contributed by atoms with E-state index in [-0.39, 0.29) is 24.1 Å². The Kier molecular flexibility index (Phi) is 7.14. The number of anilines is 1. The van der Waals surface area contributed by atoms with Crippen LogP contribution in [0.4, 0.5) is 10.5 Å². The van der Waals surface area contributed by atoms with Crippen LogP contribution in [0, 0.1) is 0 Å². The predicted octanol–water partition coefficient (Wildman–Crippen LogP) is 1.38. The minimum absolute atomic E-state index is 0.0423. The number of carbonyl (C=O) groups excluding carboxylic acids is 1. The summed E-state index contributed by atoms with van der Waals surface area (Å²) in [6, 6.07) is 2.42. The Morgan fingerprint density at radius 3 is 2.22 bits per heavy atom. The largest absolute Gasteiger partial charge is 0.493 e. The molecule has 2 amide bonds. The predicted molar refractivity (Wildman–Crippen MR) is 101 cm³/mol. The van der Waals surface area contributed by atoms with Gasteiger partial charge in [-0.15, -0.1) is 0 Å². The Morgan fingerprint density at radius 2 is 1.78 bits per heavy atom. The molecule has 1 fully saturated rings. The smallest absolute Gasteiger partial charge is 0.322 e. The van der Waals surface area contributed by atoms with Crippen LogP contribution in [0.15, 0.2) is 12.1 Å². The fourth-order valence-electron chi connectivity index (χ4n) is 3.01. The molecule has 0 saturated carbocycles. The number of benzene rings is 1. The molecule has 0 spiro atoms. The highest BCUT2D eigenvalue weighted by molar-refractivity contribution is 7.91. The number of ether oxygens (including phenoxy) is 4. The second-order valence-corrected chi connectivity index (χ2v) is 8.32. The molecule has 1 unspecified atom stereocenters. The van der Waals surface area contributed by atoms with Gasteiger partial charge in [-0.2, -0.15) is 0 Å². The van der Waals surface area contributed by atoms with Gasteiger partial charge in [0.05, 0.1) is 45.1 Å². The molecular formula is C17H26N2O7S. The van der Waals surface area contributed by atoms with E-state index < -0.39 is 15.9 Å². The van der Waals surface area contributed by atoms with E-state index in [4.69, 9.17) is 18.9 Å². The van der Waals surface area contributed by atoms with Crippen LogP contribution in [-0.2, 0) is 14.6 Å². The minimum Gasteiger partial charge on any atom is -0.493 e. The SMILES string of the molecule is COCCN(C(=O)Nc1cc(OC)c(OC)c(OC)c1)C1CCS(=O)(=O)C1. The number of hydrogen-bond acceptors (Lipinski definition) is 7. The molecule has 1 atom stereocenters. The molecule has 9 nitrogen and oxygen atoms in total. The van der Waals surface area contributed by atoms with Crippen molar-refractivity contribution in [2.45, 2.75) is 12.5 Å². The summed E-state index contributed by atoms with van der Waals surface area (Å²) in [5.41, 5.74) is 0.442. The van der Waals surface area contributed by atoms with Crippen molar-refractivity contribution in [1.29, 1.82) is 0 Å². The highest BCUT2D eigenvalue weighted by Crippen LogP contribution is 2.40. The van der Waals surface area contributed by atoms with Gasteiger partial charge in [0.15, 0.2) is 21.3 Å². The van der Waals surface area contributed by atoms with Crippen LogP contribution in [-0.4, -0.2) is 78.5 Å². The van der Waals surface area contributed by atoms with Crippen LogP contribution < -0.4 is 19.5 Å². The van der Waals surface area contributed by atoms with Crippen LogP contribution in [0.25, 0.3) is 0 Å². The van der Waals surface area contributed by atoms with E-state index in [0.29, 0.717) is 36.0 Å². The quantitative estimate of drug-likeness (QED) is 0.701. The van der Waals surface area contributed by atoms with Gasteiger partial charge in [-0.25, -0.2) is 13.2 Å². The first-order valence-corrected chi connectivity index (χ1v) is 10.2. The Morgan fingerprint density at radius 1 is 1.15 bits per heavy atom. The Bertz CT molecular complexity index is 742. The van der Waals surface area contributed by atoms with Crippen molar-refractivity contribution in [3.05, 3.63) is 12.1 Å². The molecule has 0 radical (unpaired) electrons. The van der Waals surface area contributed by atoms with E-state index in [1.165, 1.54) is 33.3 Å². The van der Waals surface area contributed by atoms with Crippen LogP contribution in [0.5, 0.6) is 17.2 Å². The average molecular weight is 402 g/mol. The van der Waals surface area contributed by atoms with Gasteiger partial charge in [0.1, 0.15) is 0 Å². The number of nitrogens with one attached hydrogen (secondary N) is 1. The Hall–Kier alpha value is -2.20. The highest BCUT2D eigenvalue weighted by Gasteiger charge is 2.34. The fourth-order valence-corrected chi connectivity index (χ4v) is 4.74. The summed E-state index contributed by atoms with van der Waals surface area (Å²) in [7, 11) is 2.87. The Balaban J connectivity index is 2.23. The molecule has 1 saturated heterocycles. The standard InChI is InChI=1S/C17H26N2O7S/c1-23-7-6-19(13-5-8-27(21,22)11-13)17(20)18-12-9-14(24-2)16(26-4)15(10-12)25-3/h9-10,13H,5-8,11H2,1-4H3,(H,18,20). The maximum absolute atomic E-state index is 12.8. The number of nitrogens with zero attached hydrogens (tertiary/aromatic N) is 1. The molecular weight excluding hydrogens is 376 g/mol. The number of carbonyl (C=O) groups is 1. The number of urea groups is 1. The molecule has 10 heteroatoms. The molecule has 0 bridgehead atoms. The third kappa shape index (κ3) is 5.16. The normalized spacial score (nSPS) is 18.0. The van der Waals surface area contributed by atoms with Crippen LogP contribution in [0.1, 0.15) is 6.42 Å². The maximum atomic E-state index is 12.8. The zero-order chi connectivity index (χ0) is 20.0. The molecule has 0 aromatic heterocycles. The molecule has 1 aliphatic heterocycles. The number of hydrogen-bond donors (Lipinski definition) is 1. The van der Waals surface area contributed by atoms with Crippen molar-refractivity contribution in [1.82, 2.24) is 4.90 Å². The van der Waals surface area contributed by atoms with Crippen molar-refractivity contribution >= 4 is 21.6 Å². The summed E-state index contributed by atoms with van der Waals surface area (Å²) in [4.78, 5) is 14.3. The summed E-state index contributed by atoms with van der Waals surface area (Å²) in [6.07, 6.45) is 0.411. The first kappa shape index (κ1) is 21.1. The number of rotatable bonds is 8. The van der Waals surface area contributed by atoms with Gasteiger partial charge in [-0.05, 0) is 6.42 Å². The van der Waals surface area contributed by atoms with Gasteiger partial charge in [0.25, 0.3) is 0 Å². The van der Waals surface area contributed by atoms with Crippen molar-refractivity contribution in [2.24, 2.45) is 0 Å². The van der Waals surface area contributed by atoms with Gasteiger partial charge in [-0.1, -0.05) is 0 Å². The summed E-state index contributed by atoms with van der Waals surface area (Å²) in [5.74, 6) is 1.26. The van der Waals surface area contributed by atoms with Crippen molar-refractivity contribution < 1.29 is 32.2 Å². The zero-order valence-electron chi connectivity index (χ0n) is 16.0. The van der Waals surface area contributed by atoms with E-state index in [2.05, 4.69) is 5.32 Å². The summed E-state index contributed by atoms with van der Waals surface area (Å²) < 4.78 is 44.5. The van der Waals surface area contributed by atoms with Crippen LogP contribution >= 0.6 is 0 Å². The van der Waals surface area contributed by atoms with Gasteiger partial charge >= 0.3 is 6.03 Å². The number of sulfone groups is 1. The molecule has 1 aliphatic rings. The first-order chi connectivity index (χ1) is 12.8. The van der Waals surface area contributed by atoms with Crippen molar-refractivity contribution in [3.63, 3.8) is 0 Å². The van der Waals surface area contributed by atoms with Gasteiger partial charge in [-0.3, -0.25) is 0 Å². The second-order valence-electron chi connectivity index (χ2n) is 6.09. The molecule has 1 aromatic rings. The maximum Gasteiger partial charge on any atom is 0.322 e. The summed E-state index contributed by atoms with van der Waals surface area (Å²) >= 11 is 0. The average Bonchev–Trinajstić information content (AvgIpc) is 3.00. The van der Waals surface area contributed by atoms with Crippen LogP contribution in [0.3, 0.4) is 0 Å². The Labute approximate surface area is 159 Å². The van der Waals surface area contributed by atoms with Crippen molar-refractivity contribution in [3.8, 4) is 17.2 Å². The van der Waals surface area contributed by atoms with Gasteiger partial charge < -0.3 is 29.2 Å². The van der Waals surface area contributed by atoms with Crippen molar-refractivity contribution in [2.75, 3.05) is 58.4 Å². The summed E-state index contributed by atoms with van der Waals surface area (Å²) in [6.45, 7) is 0.589.